The van der Waals surface area contributed by atoms with Crippen LogP contribution in [0.5, 0.6) is 0 Å². The monoisotopic (exact) mass is 374 g/mol. The van der Waals surface area contributed by atoms with Gasteiger partial charge in [0, 0.05) is 18.2 Å². The van der Waals surface area contributed by atoms with E-state index in [1.54, 1.807) is 18.2 Å². The molecule has 1 aliphatic carbocycles. The van der Waals surface area contributed by atoms with E-state index in [2.05, 4.69) is 22.1 Å². The standard InChI is InChI=1S/C19H23FN4OS/c1-3-12-24-17(14-8-10-15(20)11-9-14)22-23-19(24)26-13(2)18(25)21-16-6-4-5-7-16/h3,8-11,13,16H,1,4-7,12H2,2H3,(H,21,25)/t13-/m0/s1. The normalized spacial score (nSPS) is 15.8. The number of halogens is 1. The Morgan fingerprint density at radius 3 is 2.73 bits per heavy atom. The number of hydrogen-bond acceptors (Lipinski definition) is 4. The van der Waals surface area contributed by atoms with Gasteiger partial charge in [-0.05, 0) is 44.0 Å². The summed E-state index contributed by atoms with van der Waals surface area (Å²) < 4.78 is 15.1. The number of amides is 1. The fraction of sp³-hybridized carbons (Fsp3) is 0.421. The lowest BCUT2D eigenvalue weighted by Crippen LogP contribution is -2.37. The molecule has 5 nitrogen and oxygen atoms in total. The number of allylic oxidation sites excluding steroid dienone is 1. The molecule has 0 aliphatic heterocycles. The van der Waals surface area contributed by atoms with Crippen LogP contribution in [0.2, 0.25) is 0 Å². The highest BCUT2D eigenvalue weighted by Crippen LogP contribution is 2.27. The molecular formula is C19H23FN4OS. The van der Waals surface area contributed by atoms with Crippen molar-refractivity contribution in [3.05, 3.63) is 42.7 Å². The third-order valence-electron chi connectivity index (χ3n) is 4.48. The molecule has 1 aromatic carbocycles. The molecule has 1 atom stereocenters. The molecule has 0 bridgehead atoms. The van der Waals surface area contributed by atoms with Crippen LogP contribution in [0.1, 0.15) is 32.6 Å². The number of hydrogen-bond donors (Lipinski definition) is 1. The Labute approximate surface area is 157 Å². The van der Waals surface area contributed by atoms with E-state index in [4.69, 9.17) is 0 Å². The first kappa shape index (κ1) is 18.6. The maximum absolute atomic E-state index is 13.2. The highest BCUT2D eigenvalue weighted by atomic mass is 32.2. The summed E-state index contributed by atoms with van der Waals surface area (Å²) in [6.45, 7) is 6.17. The Morgan fingerprint density at radius 1 is 1.38 bits per heavy atom. The summed E-state index contributed by atoms with van der Waals surface area (Å²) in [5, 5.41) is 12.0. The summed E-state index contributed by atoms with van der Waals surface area (Å²) in [7, 11) is 0. The minimum absolute atomic E-state index is 0.0263. The van der Waals surface area contributed by atoms with E-state index in [0.717, 1.165) is 18.4 Å². The van der Waals surface area contributed by atoms with Crippen molar-refractivity contribution in [1.82, 2.24) is 20.1 Å². The first-order valence-electron chi connectivity index (χ1n) is 8.85. The van der Waals surface area contributed by atoms with E-state index in [0.29, 0.717) is 23.6 Å². The lowest BCUT2D eigenvalue weighted by molar-refractivity contribution is -0.120. The van der Waals surface area contributed by atoms with Gasteiger partial charge in [0.05, 0.1) is 5.25 Å². The largest absolute Gasteiger partial charge is 0.352 e. The number of nitrogens with one attached hydrogen (secondary N) is 1. The summed E-state index contributed by atoms with van der Waals surface area (Å²) in [5.74, 6) is 0.365. The van der Waals surface area contributed by atoms with Crippen LogP contribution < -0.4 is 5.32 Å². The number of thioether (sulfide) groups is 1. The highest BCUT2D eigenvalue weighted by molar-refractivity contribution is 8.00. The van der Waals surface area contributed by atoms with E-state index in [1.807, 2.05) is 11.5 Å². The Balaban J connectivity index is 1.75. The van der Waals surface area contributed by atoms with Gasteiger partial charge in [-0.25, -0.2) is 4.39 Å². The summed E-state index contributed by atoms with van der Waals surface area (Å²) in [4.78, 5) is 12.4. The van der Waals surface area contributed by atoms with Gasteiger partial charge in [0.15, 0.2) is 11.0 Å². The van der Waals surface area contributed by atoms with E-state index >= 15 is 0 Å². The summed E-state index contributed by atoms with van der Waals surface area (Å²) in [6, 6.07) is 6.43. The third kappa shape index (κ3) is 4.33. The molecule has 7 heteroatoms. The van der Waals surface area contributed by atoms with Gasteiger partial charge >= 0.3 is 0 Å². The summed E-state index contributed by atoms with van der Waals surface area (Å²) in [5.41, 5.74) is 0.774. The van der Waals surface area contributed by atoms with Crippen molar-refractivity contribution in [3.8, 4) is 11.4 Å². The first-order chi connectivity index (χ1) is 12.6. The van der Waals surface area contributed by atoms with Gasteiger partial charge in [-0.2, -0.15) is 0 Å². The molecule has 1 aromatic heterocycles. The zero-order valence-electron chi connectivity index (χ0n) is 14.8. The molecule has 26 heavy (non-hydrogen) atoms. The van der Waals surface area contributed by atoms with Gasteiger partial charge in [-0.15, -0.1) is 16.8 Å². The average molecular weight is 374 g/mol. The second-order valence-corrected chi connectivity index (χ2v) is 7.77. The van der Waals surface area contributed by atoms with Crippen LogP contribution in [0, 0.1) is 5.82 Å². The molecule has 0 unspecified atom stereocenters. The molecular weight excluding hydrogens is 351 g/mol. The fourth-order valence-electron chi connectivity index (χ4n) is 3.08. The maximum atomic E-state index is 13.2. The molecule has 1 amide bonds. The Kier molecular flexibility index (Phi) is 6.08. The second kappa shape index (κ2) is 8.49. The van der Waals surface area contributed by atoms with E-state index in [1.165, 1.54) is 36.7 Å². The van der Waals surface area contributed by atoms with Crippen molar-refractivity contribution in [2.24, 2.45) is 0 Å². The number of nitrogens with zero attached hydrogens (tertiary/aromatic N) is 3. The summed E-state index contributed by atoms with van der Waals surface area (Å²) in [6.07, 6.45) is 6.24. The van der Waals surface area contributed by atoms with Crippen LogP contribution >= 0.6 is 11.8 Å². The SMILES string of the molecule is C=CCn1c(S[C@@H](C)C(=O)NC2CCCC2)nnc1-c1ccc(F)cc1. The number of aromatic nitrogens is 3. The van der Waals surface area contributed by atoms with Crippen LogP contribution in [0.25, 0.3) is 11.4 Å². The molecule has 2 aromatic rings. The number of carbonyl (C=O) groups excluding carboxylic acids is 1. The lowest BCUT2D eigenvalue weighted by Gasteiger charge is -2.16. The van der Waals surface area contributed by atoms with Crippen LogP contribution in [0.15, 0.2) is 42.1 Å². The van der Waals surface area contributed by atoms with Crippen molar-refractivity contribution >= 4 is 17.7 Å². The molecule has 1 heterocycles. The Hall–Kier alpha value is -2.15. The fourth-order valence-corrected chi connectivity index (χ4v) is 3.95. The van der Waals surface area contributed by atoms with E-state index < -0.39 is 0 Å². The minimum Gasteiger partial charge on any atom is -0.352 e. The smallest absolute Gasteiger partial charge is 0.233 e. The van der Waals surface area contributed by atoms with Gasteiger partial charge in [0.1, 0.15) is 5.82 Å². The molecule has 0 spiro atoms. The van der Waals surface area contributed by atoms with Crippen molar-refractivity contribution in [2.45, 2.75) is 55.6 Å². The molecule has 1 N–H and O–H groups in total. The Morgan fingerprint density at radius 2 is 2.08 bits per heavy atom. The molecule has 0 saturated heterocycles. The maximum Gasteiger partial charge on any atom is 0.233 e. The first-order valence-corrected chi connectivity index (χ1v) is 9.73. The van der Waals surface area contributed by atoms with Crippen LogP contribution in [-0.4, -0.2) is 32.0 Å². The van der Waals surface area contributed by atoms with Crippen molar-refractivity contribution in [1.29, 1.82) is 0 Å². The van der Waals surface area contributed by atoms with E-state index in [9.17, 15) is 9.18 Å². The van der Waals surface area contributed by atoms with Gasteiger partial charge < -0.3 is 5.32 Å². The van der Waals surface area contributed by atoms with Crippen LogP contribution in [0.3, 0.4) is 0 Å². The molecule has 0 radical (unpaired) electrons. The van der Waals surface area contributed by atoms with Crippen LogP contribution in [-0.2, 0) is 11.3 Å². The predicted molar refractivity (Wildman–Crippen MR) is 101 cm³/mol. The second-order valence-electron chi connectivity index (χ2n) is 6.46. The van der Waals surface area contributed by atoms with E-state index in [-0.39, 0.29) is 17.0 Å². The molecule has 1 aliphatic rings. The lowest BCUT2D eigenvalue weighted by atomic mass is 10.2. The quantitative estimate of drug-likeness (QED) is 0.591. The number of carbonyl (C=O) groups is 1. The van der Waals surface area contributed by atoms with Gasteiger partial charge in [-0.3, -0.25) is 9.36 Å². The predicted octanol–water partition coefficient (Wildman–Crippen LogP) is 3.81. The van der Waals surface area contributed by atoms with Crippen LogP contribution in [0.4, 0.5) is 4.39 Å². The highest BCUT2D eigenvalue weighted by Gasteiger charge is 2.23. The number of rotatable bonds is 7. The van der Waals surface area contributed by atoms with Crippen molar-refractivity contribution in [3.63, 3.8) is 0 Å². The third-order valence-corrected chi connectivity index (χ3v) is 5.56. The minimum atomic E-state index is -0.296. The zero-order chi connectivity index (χ0) is 18.5. The van der Waals surface area contributed by atoms with Gasteiger partial charge in [0.25, 0.3) is 0 Å². The molecule has 1 saturated carbocycles. The van der Waals surface area contributed by atoms with Crippen molar-refractivity contribution < 1.29 is 9.18 Å². The molecule has 138 valence electrons. The van der Waals surface area contributed by atoms with Crippen molar-refractivity contribution in [2.75, 3.05) is 0 Å². The van der Waals surface area contributed by atoms with Gasteiger partial charge in [-0.1, -0.05) is 30.7 Å². The summed E-state index contributed by atoms with van der Waals surface area (Å²) >= 11 is 1.38. The molecule has 3 rings (SSSR count). The molecule has 1 fully saturated rings. The Bertz CT molecular complexity index is 768. The number of benzene rings is 1. The zero-order valence-corrected chi connectivity index (χ0v) is 15.6. The average Bonchev–Trinajstić information content (AvgIpc) is 3.27. The topological polar surface area (TPSA) is 59.8 Å². The van der Waals surface area contributed by atoms with Gasteiger partial charge in [0.2, 0.25) is 5.91 Å².